The molecule has 2 rings (SSSR count). The molecule has 1 heterocycles. The van der Waals surface area contributed by atoms with E-state index >= 15 is 0 Å². The van der Waals surface area contributed by atoms with E-state index in [0.29, 0.717) is 17.2 Å². The fraction of sp³-hybridized carbons (Fsp3) is 0.200. The summed E-state index contributed by atoms with van der Waals surface area (Å²) in [6, 6.07) is 6.55. The van der Waals surface area contributed by atoms with Gasteiger partial charge in [-0.15, -0.1) is 0 Å². The smallest absolute Gasteiger partial charge is 0.433 e. The number of amides is 1. The van der Waals surface area contributed by atoms with E-state index < -0.39 is 17.8 Å². The lowest BCUT2D eigenvalue weighted by atomic mass is 10.2. The highest BCUT2D eigenvalue weighted by molar-refractivity contribution is 6.04. The van der Waals surface area contributed by atoms with E-state index in [2.05, 4.69) is 10.3 Å². The highest BCUT2D eigenvalue weighted by Crippen LogP contribution is 2.30. The zero-order chi connectivity index (χ0) is 17.0. The standard InChI is InChI=1S/C15H13F3N2O3/c1-22-10-4-5-11(12(7-10)23-2)20-14(21)9-3-6-13(19-8-9)15(16,17)18/h3-8H,1-2H3,(H,20,21). The van der Waals surface area contributed by atoms with Gasteiger partial charge in [-0.05, 0) is 24.3 Å². The Labute approximate surface area is 130 Å². The number of methoxy groups -OCH3 is 2. The van der Waals surface area contributed by atoms with Crippen molar-refractivity contribution in [3.63, 3.8) is 0 Å². The number of carbonyl (C=O) groups excluding carboxylic acids is 1. The molecule has 23 heavy (non-hydrogen) atoms. The molecule has 0 atom stereocenters. The molecule has 1 N–H and O–H groups in total. The van der Waals surface area contributed by atoms with Gasteiger partial charge < -0.3 is 14.8 Å². The van der Waals surface area contributed by atoms with Crippen LogP contribution in [0, 0.1) is 0 Å². The lowest BCUT2D eigenvalue weighted by Crippen LogP contribution is -2.14. The number of nitrogens with zero attached hydrogens (tertiary/aromatic N) is 1. The van der Waals surface area contributed by atoms with E-state index in [1.54, 1.807) is 18.2 Å². The number of ether oxygens (including phenoxy) is 2. The Morgan fingerprint density at radius 3 is 2.39 bits per heavy atom. The largest absolute Gasteiger partial charge is 0.497 e. The van der Waals surface area contributed by atoms with Gasteiger partial charge in [0.2, 0.25) is 0 Å². The molecule has 1 amide bonds. The molecule has 0 saturated carbocycles. The summed E-state index contributed by atoms with van der Waals surface area (Å²) in [6.07, 6.45) is -3.68. The molecule has 0 aliphatic carbocycles. The molecule has 8 heteroatoms. The van der Waals surface area contributed by atoms with Crippen LogP contribution in [0.5, 0.6) is 11.5 Å². The van der Waals surface area contributed by atoms with Crippen molar-refractivity contribution in [2.24, 2.45) is 0 Å². The Bertz CT molecular complexity index is 700. The molecule has 1 aromatic heterocycles. The average Bonchev–Trinajstić information content (AvgIpc) is 2.54. The van der Waals surface area contributed by atoms with Crippen LogP contribution in [0.4, 0.5) is 18.9 Å². The summed E-state index contributed by atoms with van der Waals surface area (Å²) in [6.45, 7) is 0. The van der Waals surface area contributed by atoms with Gasteiger partial charge in [-0.1, -0.05) is 0 Å². The molecule has 0 fully saturated rings. The normalized spacial score (nSPS) is 11.0. The van der Waals surface area contributed by atoms with Crippen LogP contribution in [0.1, 0.15) is 16.1 Å². The molecule has 0 radical (unpaired) electrons. The van der Waals surface area contributed by atoms with E-state index in [-0.39, 0.29) is 5.56 Å². The SMILES string of the molecule is COc1ccc(NC(=O)c2ccc(C(F)(F)F)nc2)c(OC)c1. The molecule has 0 bridgehead atoms. The number of benzene rings is 1. The fourth-order valence-electron chi connectivity index (χ4n) is 1.79. The lowest BCUT2D eigenvalue weighted by Gasteiger charge is -2.12. The zero-order valence-corrected chi connectivity index (χ0v) is 12.3. The van der Waals surface area contributed by atoms with Crippen LogP contribution in [0.15, 0.2) is 36.5 Å². The van der Waals surface area contributed by atoms with Gasteiger partial charge in [0.1, 0.15) is 17.2 Å². The molecular weight excluding hydrogens is 313 g/mol. The second-order valence-electron chi connectivity index (χ2n) is 4.45. The van der Waals surface area contributed by atoms with Gasteiger partial charge >= 0.3 is 6.18 Å². The molecule has 0 aliphatic heterocycles. The highest BCUT2D eigenvalue weighted by atomic mass is 19.4. The van der Waals surface area contributed by atoms with Crippen molar-refractivity contribution in [1.29, 1.82) is 0 Å². The van der Waals surface area contributed by atoms with Crippen LogP contribution >= 0.6 is 0 Å². The van der Waals surface area contributed by atoms with Gasteiger partial charge in [0.15, 0.2) is 0 Å². The van der Waals surface area contributed by atoms with Crippen LogP contribution in [0.3, 0.4) is 0 Å². The van der Waals surface area contributed by atoms with E-state index in [1.165, 1.54) is 14.2 Å². The summed E-state index contributed by atoms with van der Waals surface area (Å²) in [4.78, 5) is 15.3. The lowest BCUT2D eigenvalue weighted by molar-refractivity contribution is -0.141. The summed E-state index contributed by atoms with van der Waals surface area (Å²) < 4.78 is 47.5. The van der Waals surface area contributed by atoms with Gasteiger partial charge in [0, 0.05) is 12.3 Å². The van der Waals surface area contributed by atoms with E-state index in [9.17, 15) is 18.0 Å². The zero-order valence-electron chi connectivity index (χ0n) is 12.3. The van der Waals surface area contributed by atoms with Crippen LogP contribution in [0.2, 0.25) is 0 Å². The van der Waals surface area contributed by atoms with Gasteiger partial charge in [0.25, 0.3) is 5.91 Å². The Kier molecular flexibility index (Phi) is 4.73. The number of hydrogen-bond donors (Lipinski definition) is 1. The van der Waals surface area contributed by atoms with Crippen molar-refractivity contribution in [3.05, 3.63) is 47.8 Å². The number of nitrogens with one attached hydrogen (secondary N) is 1. The fourth-order valence-corrected chi connectivity index (χ4v) is 1.79. The van der Waals surface area contributed by atoms with Crippen molar-refractivity contribution in [2.45, 2.75) is 6.18 Å². The number of carbonyl (C=O) groups is 1. The molecule has 0 aliphatic rings. The topological polar surface area (TPSA) is 60.5 Å². The maximum atomic E-state index is 12.4. The van der Waals surface area contributed by atoms with Crippen LogP contribution < -0.4 is 14.8 Å². The third kappa shape index (κ3) is 3.91. The Morgan fingerprint density at radius 1 is 1.13 bits per heavy atom. The molecule has 1 aromatic carbocycles. The number of rotatable bonds is 4. The number of pyridine rings is 1. The van der Waals surface area contributed by atoms with Crippen molar-refractivity contribution in [1.82, 2.24) is 4.98 Å². The predicted molar refractivity (Wildman–Crippen MR) is 76.7 cm³/mol. The van der Waals surface area contributed by atoms with Crippen molar-refractivity contribution in [3.8, 4) is 11.5 Å². The summed E-state index contributed by atoms with van der Waals surface area (Å²) >= 11 is 0. The van der Waals surface area contributed by atoms with Gasteiger partial charge in [-0.25, -0.2) is 0 Å². The molecular formula is C15H13F3N2O3. The Balaban J connectivity index is 2.19. The van der Waals surface area contributed by atoms with Crippen LogP contribution in [-0.4, -0.2) is 25.1 Å². The number of halogens is 3. The second kappa shape index (κ2) is 6.55. The maximum Gasteiger partial charge on any atom is 0.433 e. The number of aromatic nitrogens is 1. The van der Waals surface area contributed by atoms with Crippen LogP contribution in [-0.2, 0) is 6.18 Å². The summed E-state index contributed by atoms with van der Waals surface area (Å²) in [5.41, 5.74) is -0.704. The minimum atomic E-state index is -4.55. The predicted octanol–water partition coefficient (Wildman–Crippen LogP) is 3.37. The van der Waals surface area contributed by atoms with Crippen molar-refractivity contribution < 1.29 is 27.4 Å². The highest BCUT2D eigenvalue weighted by Gasteiger charge is 2.32. The summed E-state index contributed by atoms with van der Waals surface area (Å²) in [7, 11) is 2.91. The Hall–Kier alpha value is -2.77. The Morgan fingerprint density at radius 2 is 1.87 bits per heavy atom. The van der Waals surface area contributed by atoms with E-state index in [1.807, 2.05) is 0 Å². The summed E-state index contributed by atoms with van der Waals surface area (Å²) in [5.74, 6) is 0.295. The average molecular weight is 326 g/mol. The minimum absolute atomic E-state index is 0.00382. The number of alkyl halides is 3. The first-order valence-electron chi connectivity index (χ1n) is 6.42. The molecule has 0 unspecified atom stereocenters. The quantitative estimate of drug-likeness (QED) is 0.936. The third-order valence-corrected chi connectivity index (χ3v) is 2.97. The van der Waals surface area contributed by atoms with Gasteiger partial charge in [-0.2, -0.15) is 13.2 Å². The third-order valence-electron chi connectivity index (χ3n) is 2.97. The van der Waals surface area contributed by atoms with E-state index in [4.69, 9.17) is 9.47 Å². The molecule has 0 saturated heterocycles. The minimum Gasteiger partial charge on any atom is -0.497 e. The van der Waals surface area contributed by atoms with Crippen LogP contribution in [0.25, 0.3) is 0 Å². The van der Waals surface area contributed by atoms with Gasteiger partial charge in [0.05, 0.1) is 25.5 Å². The van der Waals surface area contributed by atoms with Gasteiger partial charge in [-0.3, -0.25) is 9.78 Å². The number of anilines is 1. The molecule has 0 spiro atoms. The number of hydrogen-bond acceptors (Lipinski definition) is 4. The first kappa shape index (κ1) is 16.6. The summed E-state index contributed by atoms with van der Waals surface area (Å²) in [5, 5.41) is 2.55. The molecule has 2 aromatic rings. The monoisotopic (exact) mass is 326 g/mol. The maximum absolute atomic E-state index is 12.4. The van der Waals surface area contributed by atoms with Crippen molar-refractivity contribution >= 4 is 11.6 Å². The molecule has 5 nitrogen and oxygen atoms in total. The van der Waals surface area contributed by atoms with Crippen molar-refractivity contribution in [2.75, 3.05) is 19.5 Å². The first-order chi connectivity index (χ1) is 10.8. The molecule has 122 valence electrons. The first-order valence-corrected chi connectivity index (χ1v) is 6.42. The van der Waals surface area contributed by atoms with E-state index in [0.717, 1.165) is 18.3 Å². The second-order valence-corrected chi connectivity index (χ2v) is 4.45.